The molecule has 1 unspecified atom stereocenters. The third kappa shape index (κ3) is 1.79. The summed E-state index contributed by atoms with van der Waals surface area (Å²) in [4.78, 5) is 14.5. The summed E-state index contributed by atoms with van der Waals surface area (Å²) in [6, 6.07) is 7.03. The van der Waals surface area contributed by atoms with Crippen molar-refractivity contribution >= 4 is 10.9 Å². The largest absolute Gasteiger partial charge is 0.497 e. The van der Waals surface area contributed by atoms with E-state index in [1.54, 1.807) is 20.1 Å². The highest BCUT2D eigenvalue weighted by molar-refractivity contribution is 5.80. The van der Waals surface area contributed by atoms with Crippen LogP contribution >= 0.6 is 0 Å². The average molecular weight is 218 g/mol. The molecule has 4 heteroatoms. The third-order valence-electron chi connectivity index (χ3n) is 2.57. The van der Waals surface area contributed by atoms with Crippen LogP contribution in [-0.2, 0) is 0 Å². The maximum atomic E-state index is 11.7. The van der Waals surface area contributed by atoms with E-state index in [9.17, 15) is 4.79 Å². The Morgan fingerprint density at radius 1 is 1.38 bits per heavy atom. The zero-order chi connectivity index (χ0) is 11.7. The zero-order valence-corrected chi connectivity index (χ0v) is 9.28. The van der Waals surface area contributed by atoms with Crippen LogP contribution in [-0.4, -0.2) is 12.1 Å². The number of fused-ring (bicyclic) bond motifs is 1. The maximum Gasteiger partial charge on any atom is 0.253 e. The molecular formula is C12H14N2O2. The summed E-state index contributed by atoms with van der Waals surface area (Å²) in [7, 11) is 1.61. The Morgan fingerprint density at radius 2 is 2.12 bits per heavy atom. The number of pyridine rings is 1. The van der Waals surface area contributed by atoms with Crippen LogP contribution in [0.15, 0.2) is 29.1 Å². The van der Waals surface area contributed by atoms with Gasteiger partial charge < -0.3 is 15.5 Å². The van der Waals surface area contributed by atoms with E-state index in [-0.39, 0.29) is 11.6 Å². The van der Waals surface area contributed by atoms with Gasteiger partial charge in [-0.2, -0.15) is 0 Å². The van der Waals surface area contributed by atoms with Crippen molar-refractivity contribution in [2.75, 3.05) is 7.11 Å². The number of methoxy groups -OCH3 is 1. The second kappa shape index (κ2) is 3.98. The fourth-order valence-electron chi connectivity index (χ4n) is 1.67. The Kier molecular flexibility index (Phi) is 2.66. The summed E-state index contributed by atoms with van der Waals surface area (Å²) in [6.07, 6.45) is 0. The summed E-state index contributed by atoms with van der Waals surface area (Å²) >= 11 is 0. The van der Waals surface area contributed by atoms with Crippen molar-refractivity contribution in [1.29, 1.82) is 0 Å². The lowest BCUT2D eigenvalue weighted by molar-refractivity contribution is 0.415. The molecule has 3 N–H and O–H groups in total. The van der Waals surface area contributed by atoms with E-state index < -0.39 is 0 Å². The van der Waals surface area contributed by atoms with E-state index >= 15 is 0 Å². The summed E-state index contributed by atoms with van der Waals surface area (Å²) < 4.78 is 5.13. The van der Waals surface area contributed by atoms with Crippen LogP contribution in [0.4, 0.5) is 0 Å². The van der Waals surface area contributed by atoms with Crippen LogP contribution in [0.3, 0.4) is 0 Å². The molecule has 2 rings (SSSR count). The average Bonchev–Trinajstić information content (AvgIpc) is 2.27. The molecule has 1 aromatic carbocycles. The first kappa shape index (κ1) is 10.7. The van der Waals surface area contributed by atoms with Crippen molar-refractivity contribution in [3.8, 4) is 5.75 Å². The number of hydrogen-bond acceptors (Lipinski definition) is 3. The van der Waals surface area contributed by atoms with Gasteiger partial charge in [0.25, 0.3) is 5.56 Å². The first-order valence-corrected chi connectivity index (χ1v) is 5.08. The van der Waals surface area contributed by atoms with Crippen LogP contribution in [0.2, 0.25) is 0 Å². The lowest BCUT2D eigenvalue weighted by Crippen LogP contribution is -2.19. The quantitative estimate of drug-likeness (QED) is 0.803. The van der Waals surface area contributed by atoms with Gasteiger partial charge in [-0.25, -0.2) is 0 Å². The lowest BCUT2D eigenvalue weighted by Gasteiger charge is -2.07. The SMILES string of the molecule is COc1ccc2[nH]c(=O)c(C(C)N)cc2c1. The molecule has 0 amide bonds. The minimum Gasteiger partial charge on any atom is -0.497 e. The number of ether oxygens (including phenoxy) is 1. The van der Waals surface area contributed by atoms with Crippen molar-refractivity contribution in [3.05, 3.63) is 40.2 Å². The topological polar surface area (TPSA) is 68.1 Å². The number of aromatic amines is 1. The zero-order valence-electron chi connectivity index (χ0n) is 9.28. The van der Waals surface area contributed by atoms with Crippen LogP contribution in [0.25, 0.3) is 10.9 Å². The lowest BCUT2D eigenvalue weighted by atomic mass is 10.1. The van der Waals surface area contributed by atoms with E-state index in [0.717, 1.165) is 16.7 Å². The number of H-pyrrole nitrogens is 1. The Bertz CT molecular complexity index is 573. The number of hydrogen-bond donors (Lipinski definition) is 2. The summed E-state index contributed by atoms with van der Waals surface area (Å²) in [5, 5.41) is 0.922. The molecule has 1 aromatic heterocycles. The molecule has 2 aromatic rings. The molecule has 0 aliphatic rings. The number of benzene rings is 1. The molecule has 0 saturated heterocycles. The van der Waals surface area contributed by atoms with E-state index in [4.69, 9.17) is 10.5 Å². The van der Waals surface area contributed by atoms with Gasteiger partial charge in [-0.3, -0.25) is 4.79 Å². The van der Waals surface area contributed by atoms with Gasteiger partial charge in [0.15, 0.2) is 0 Å². The Labute approximate surface area is 93.0 Å². The van der Waals surface area contributed by atoms with Gasteiger partial charge >= 0.3 is 0 Å². The molecule has 4 nitrogen and oxygen atoms in total. The van der Waals surface area contributed by atoms with Crippen molar-refractivity contribution in [3.63, 3.8) is 0 Å². The van der Waals surface area contributed by atoms with Gasteiger partial charge in [0.2, 0.25) is 0 Å². The van der Waals surface area contributed by atoms with E-state index in [0.29, 0.717) is 5.56 Å². The third-order valence-corrected chi connectivity index (χ3v) is 2.57. The first-order chi connectivity index (χ1) is 7.61. The monoisotopic (exact) mass is 218 g/mol. The summed E-state index contributed by atoms with van der Waals surface area (Å²) in [6.45, 7) is 1.79. The Hall–Kier alpha value is -1.81. The summed E-state index contributed by atoms with van der Waals surface area (Å²) in [5.74, 6) is 0.759. The van der Waals surface area contributed by atoms with Crippen LogP contribution < -0.4 is 16.0 Å². The van der Waals surface area contributed by atoms with E-state index in [2.05, 4.69) is 4.98 Å². The molecule has 84 valence electrons. The number of aromatic nitrogens is 1. The standard InChI is InChI=1S/C12H14N2O2/c1-7(13)10-6-8-5-9(16-2)3-4-11(8)14-12(10)15/h3-7H,13H2,1-2H3,(H,14,15). The fraction of sp³-hybridized carbons (Fsp3) is 0.250. The molecule has 1 heterocycles. The van der Waals surface area contributed by atoms with Crippen LogP contribution in [0, 0.1) is 0 Å². The Morgan fingerprint density at radius 3 is 2.75 bits per heavy atom. The minimum atomic E-state index is -0.278. The van der Waals surface area contributed by atoms with E-state index in [1.165, 1.54) is 0 Å². The molecular weight excluding hydrogens is 204 g/mol. The number of rotatable bonds is 2. The normalized spacial score (nSPS) is 12.7. The van der Waals surface area contributed by atoms with Gasteiger partial charge in [0, 0.05) is 22.5 Å². The van der Waals surface area contributed by atoms with Crippen molar-refractivity contribution in [1.82, 2.24) is 4.98 Å². The van der Waals surface area contributed by atoms with Crippen LogP contribution in [0.5, 0.6) is 5.75 Å². The number of nitrogens with one attached hydrogen (secondary N) is 1. The smallest absolute Gasteiger partial charge is 0.253 e. The van der Waals surface area contributed by atoms with Gasteiger partial charge in [-0.05, 0) is 31.2 Å². The van der Waals surface area contributed by atoms with Gasteiger partial charge in [-0.15, -0.1) is 0 Å². The van der Waals surface area contributed by atoms with Crippen molar-refractivity contribution < 1.29 is 4.74 Å². The molecule has 1 atom stereocenters. The Balaban J connectivity index is 2.70. The predicted octanol–water partition coefficient (Wildman–Crippen LogP) is 1.56. The summed E-state index contributed by atoms with van der Waals surface area (Å²) in [5.41, 5.74) is 6.96. The highest BCUT2D eigenvalue weighted by Crippen LogP contribution is 2.19. The minimum absolute atomic E-state index is 0.132. The highest BCUT2D eigenvalue weighted by Gasteiger charge is 2.07. The van der Waals surface area contributed by atoms with Crippen LogP contribution in [0.1, 0.15) is 18.5 Å². The molecule has 0 aliphatic carbocycles. The van der Waals surface area contributed by atoms with Gasteiger partial charge in [0.05, 0.1) is 7.11 Å². The molecule has 0 aliphatic heterocycles. The molecule has 0 saturated carbocycles. The first-order valence-electron chi connectivity index (χ1n) is 5.08. The second-order valence-corrected chi connectivity index (χ2v) is 3.80. The highest BCUT2D eigenvalue weighted by atomic mass is 16.5. The van der Waals surface area contributed by atoms with Gasteiger partial charge in [-0.1, -0.05) is 0 Å². The second-order valence-electron chi connectivity index (χ2n) is 3.80. The maximum absolute atomic E-state index is 11.7. The van der Waals surface area contributed by atoms with Crippen molar-refractivity contribution in [2.24, 2.45) is 5.73 Å². The molecule has 0 bridgehead atoms. The molecule has 16 heavy (non-hydrogen) atoms. The van der Waals surface area contributed by atoms with Gasteiger partial charge in [0.1, 0.15) is 5.75 Å². The number of nitrogens with two attached hydrogens (primary N) is 1. The molecule has 0 radical (unpaired) electrons. The fourth-order valence-corrected chi connectivity index (χ4v) is 1.67. The van der Waals surface area contributed by atoms with E-state index in [1.807, 2.05) is 18.2 Å². The molecule has 0 fully saturated rings. The molecule has 0 spiro atoms. The predicted molar refractivity (Wildman–Crippen MR) is 63.7 cm³/mol. The van der Waals surface area contributed by atoms with Crippen molar-refractivity contribution in [2.45, 2.75) is 13.0 Å².